The number of carbonyl (C=O) groups excluding carboxylic acids is 1. The number of nitrogens with one attached hydrogen (secondary N) is 1. The van der Waals surface area contributed by atoms with Gasteiger partial charge in [0.1, 0.15) is 5.75 Å². The summed E-state index contributed by atoms with van der Waals surface area (Å²) in [6, 6.07) is 16.1. The first-order valence-corrected chi connectivity index (χ1v) is 9.11. The van der Waals surface area contributed by atoms with Gasteiger partial charge in [0.05, 0.1) is 11.6 Å². The third-order valence-corrected chi connectivity index (χ3v) is 4.06. The summed E-state index contributed by atoms with van der Waals surface area (Å²) in [7, 11) is 0. The topological polar surface area (TPSA) is 136 Å². The number of hydrogen-bond acceptors (Lipinski definition) is 9. The third-order valence-electron chi connectivity index (χ3n) is 4.06. The number of hydrogen-bond donors (Lipinski definition) is 2. The van der Waals surface area contributed by atoms with Crippen LogP contribution in [0.15, 0.2) is 48.5 Å². The summed E-state index contributed by atoms with van der Waals surface area (Å²) in [5.41, 5.74) is 8.09. The molecule has 3 N–H and O–H groups in total. The first kappa shape index (κ1) is 20.5. The van der Waals surface area contributed by atoms with E-state index >= 15 is 0 Å². The van der Waals surface area contributed by atoms with Crippen molar-refractivity contribution in [2.24, 2.45) is 0 Å². The van der Waals surface area contributed by atoms with Gasteiger partial charge in [-0.2, -0.15) is 20.2 Å². The third kappa shape index (κ3) is 5.42. The molecule has 0 fully saturated rings. The molecule has 0 bridgehead atoms. The van der Waals surface area contributed by atoms with Crippen LogP contribution in [-0.2, 0) is 16.1 Å². The van der Waals surface area contributed by atoms with Gasteiger partial charge in [-0.05, 0) is 49.7 Å². The predicted octanol–water partition coefficient (Wildman–Crippen LogP) is 2.89. The van der Waals surface area contributed by atoms with Crippen molar-refractivity contribution in [1.82, 2.24) is 15.0 Å². The molecular weight excluding hydrogens is 384 g/mol. The van der Waals surface area contributed by atoms with Crippen molar-refractivity contribution in [2.45, 2.75) is 26.6 Å². The van der Waals surface area contributed by atoms with Crippen LogP contribution in [0.5, 0.6) is 5.75 Å². The van der Waals surface area contributed by atoms with Gasteiger partial charge >= 0.3 is 5.97 Å². The van der Waals surface area contributed by atoms with Crippen molar-refractivity contribution in [3.8, 4) is 11.8 Å². The molecule has 3 rings (SSSR count). The highest BCUT2D eigenvalue weighted by Gasteiger charge is 2.17. The number of aryl methyl sites for hydroxylation is 1. The summed E-state index contributed by atoms with van der Waals surface area (Å²) in [5, 5.41) is 11.9. The maximum atomic E-state index is 12.2. The number of benzene rings is 2. The molecule has 0 aliphatic carbocycles. The van der Waals surface area contributed by atoms with E-state index in [9.17, 15) is 4.79 Å². The maximum Gasteiger partial charge on any atom is 0.347 e. The number of anilines is 3. The van der Waals surface area contributed by atoms with Crippen LogP contribution in [0.2, 0.25) is 0 Å². The Morgan fingerprint density at radius 1 is 1.17 bits per heavy atom. The van der Waals surface area contributed by atoms with E-state index in [1.807, 2.05) is 37.3 Å². The quantitative estimate of drug-likeness (QED) is 0.569. The molecule has 1 unspecified atom stereocenters. The Balaban J connectivity index is 1.60. The van der Waals surface area contributed by atoms with Gasteiger partial charge in [0.15, 0.2) is 18.5 Å². The molecular formula is C21H20N6O3. The van der Waals surface area contributed by atoms with Crippen molar-refractivity contribution in [3.05, 3.63) is 65.5 Å². The van der Waals surface area contributed by atoms with Crippen LogP contribution >= 0.6 is 0 Å². The number of carbonyl (C=O) groups is 1. The molecule has 152 valence electrons. The molecule has 1 heterocycles. The highest BCUT2D eigenvalue weighted by atomic mass is 16.6. The van der Waals surface area contributed by atoms with Crippen LogP contribution < -0.4 is 15.8 Å². The van der Waals surface area contributed by atoms with Crippen LogP contribution in [0.3, 0.4) is 0 Å². The fourth-order valence-corrected chi connectivity index (χ4v) is 2.51. The molecule has 1 atom stereocenters. The molecule has 0 aliphatic heterocycles. The Bertz CT molecular complexity index is 1080. The second-order valence-corrected chi connectivity index (χ2v) is 6.38. The number of rotatable bonds is 7. The second-order valence-electron chi connectivity index (χ2n) is 6.38. The minimum Gasteiger partial charge on any atom is -0.479 e. The largest absolute Gasteiger partial charge is 0.479 e. The zero-order valence-electron chi connectivity index (χ0n) is 16.5. The van der Waals surface area contributed by atoms with E-state index in [1.165, 1.54) is 0 Å². The average molecular weight is 404 g/mol. The molecule has 0 radical (unpaired) electrons. The van der Waals surface area contributed by atoms with E-state index in [-0.39, 0.29) is 24.3 Å². The monoisotopic (exact) mass is 404 g/mol. The maximum absolute atomic E-state index is 12.2. The van der Waals surface area contributed by atoms with Crippen LogP contribution in [0.25, 0.3) is 0 Å². The smallest absolute Gasteiger partial charge is 0.347 e. The molecule has 30 heavy (non-hydrogen) atoms. The molecule has 0 amide bonds. The lowest BCUT2D eigenvalue weighted by Crippen LogP contribution is -2.26. The van der Waals surface area contributed by atoms with Crippen LogP contribution in [0.1, 0.15) is 23.9 Å². The van der Waals surface area contributed by atoms with Gasteiger partial charge in [0.25, 0.3) is 0 Å². The van der Waals surface area contributed by atoms with Crippen molar-refractivity contribution in [2.75, 3.05) is 11.1 Å². The molecule has 3 aromatic rings. The molecule has 0 saturated heterocycles. The van der Waals surface area contributed by atoms with Gasteiger partial charge in [-0.1, -0.05) is 18.2 Å². The van der Waals surface area contributed by atoms with Crippen LogP contribution in [0.4, 0.5) is 17.6 Å². The number of esters is 1. The molecule has 0 saturated carbocycles. The van der Waals surface area contributed by atoms with Crippen molar-refractivity contribution < 1.29 is 14.3 Å². The highest BCUT2D eigenvalue weighted by Crippen LogP contribution is 2.18. The standard InChI is InChI=1S/C21H20N6O3/c1-13-5-3-4-6-17(13)24-21-26-18(25-20(23)27-21)12-29-19(28)14(2)30-16-9-7-15(11-22)8-10-16/h3-10,14H,12H2,1-2H3,(H3,23,24,25,26,27). The van der Waals surface area contributed by atoms with E-state index in [4.69, 9.17) is 20.5 Å². The Kier molecular flexibility index (Phi) is 6.39. The Morgan fingerprint density at radius 2 is 1.90 bits per heavy atom. The van der Waals surface area contributed by atoms with Gasteiger partial charge in [0.2, 0.25) is 11.9 Å². The molecule has 9 nitrogen and oxygen atoms in total. The first-order chi connectivity index (χ1) is 14.4. The molecule has 0 spiro atoms. The number of nitrogens with two attached hydrogens (primary N) is 1. The van der Waals surface area contributed by atoms with Gasteiger partial charge < -0.3 is 20.5 Å². The molecule has 9 heteroatoms. The minimum atomic E-state index is -0.860. The number of nitrogen functional groups attached to an aromatic ring is 1. The Hall–Kier alpha value is -4.19. The normalized spacial score (nSPS) is 11.2. The summed E-state index contributed by atoms with van der Waals surface area (Å²) in [6.45, 7) is 3.33. The van der Waals surface area contributed by atoms with E-state index < -0.39 is 12.1 Å². The minimum absolute atomic E-state index is 0.00835. The van der Waals surface area contributed by atoms with Crippen molar-refractivity contribution in [1.29, 1.82) is 5.26 Å². The molecule has 1 aromatic heterocycles. The average Bonchev–Trinajstić information content (AvgIpc) is 2.74. The Morgan fingerprint density at radius 3 is 2.60 bits per heavy atom. The number of nitriles is 1. The summed E-state index contributed by atoms with van der Waals surface area (Å²) < 4.78 is 10.8. The first-order valence-electron chi connectivity index (χ1n) is 9.11. The molecule has 0 aliphatic rings. The number of nitrogens with zero attached hydrogens (tertiary/aromatic N) is 4. The lowest BCUT2D eigenvalue weighted by atomic mass is 10.2. The van der Waals surface area contributed by atoms with Gasteiger partial charge in [-0.15, -0.1) is 0 Å². The van der Waals surface area contributed by atoms with Crippen LogP contribution in [-0.4, -0.2) is 27.0 Å². The summed E-state index contributed by atoms with van der Waals surface area (Å²) in [5.74, 6) is 0.329. The van der Waals surface area contributed by atoms with Crippen LogP contribution in [0, 0.1) is 18.3 Å². The van der Waals surface area contributed by atoms with Crippen molar-refractivity contribution in [3.63, 3.8) is 0 Å². The summed E-state index contributed by atoms with van der Waals surface area (Å²) in [4.78, 5) is 24.5. The highest BCUT2D eigenvalue weighted by molar-refractivity contribution is 5.74. The van der Waals surface area contributed by atoms with Gasteiger partial charge in [0, 0.05) is 5.69 Å². The van der Waals surface area contributed by atoms with Crippen molar-refractivity contribution >= 4 is 23.6 Å². The molecule has 2 aromatic carbocycles. The van der Waals surface area contributed by atoms with E-state index in [0.717, 1.165) is 11.3 Å². The number of ether oxygens (including phenoxy) is 2. The predicted molar refractivity (Wildman–Crippen MR) is 110 cm³/mol. The SMILES string of the molecule is Cc1ccccc1Nc1nc(N)nc(COC(=O)C(C)Oc2ccc(C#N)cc2)n1. The second kappa shape index (κ2) is 9.34. The zero-order valence-corrected chi connectivity index (χ0v) is 16.5. The summed E-state index contributed by atoms with van der Waals surface area (Å²) in [6.07, 6.45) is -0.860. The van der Waals surface area contributed by atoms with Gasteiger partial charge in [-0.3, -0.25) is 0 Å². The lowest BCUT2D eigenvalue weighted by Gasteiger charge is -2.14. The number of aromatic nitrogens is 3. The summed E-state index contributed by atoms with van der Waals surface area (Å²) >= 11 is 0. The van der Waals surface area contributed by atoms with E-state index in [1.54, 1.807) is 31.2 Å². The van der Waals surface area contributed by atoms with E-state index in [2.05, 4.69) is 20.3 Å². The fourth-order valence-electron chi connectivity index (χ4n) is 2.51. The fraction of sp³-hybridized carbons (Fsp3) is 0.190. The van der Waals surface area contributed by atoms with E-state index in [0.29, 0.717) is 11.3 Å². The Labute approximate surface area is 173 Å². The number of para-hydroxylation sites is 1. The van der Waals surface area contributed by atoms with Gasteiger partial charge in [-0.25, -0.2) is 4.79 Å². The lowest BCUT2D eigenvalue weighted by molar-refractivity contribution is -0.152. The zero-order chi connectivity index (χ0) is 21.5.